The Morgan fingerprint density at radius 3 is 1.03 bits per heavy atom. The van der Waals surface area contributed by atoms with Gasteiger partial charge in [-0.15, -0.1) is 0 Å². The lowest BCUT2D eigenvalue weighted by Crippen LogP contribution is -2.11. The summed E-state index contributed by atoms with van der Waals surface area (Å²) >= 11 is 0. The van der Waals surface area contributed by atoms with Gasteiger partial charge in [-0.3, -0.25) is 4.79 Å². The minimum Gasteiger partial charge on any atom is -0.462 e. The highest BCUT2D eigenvalue weighted by Crippen LogP contribution is 2.41. The first-order chi connectivity index (χ1) is 28.4. The number of Topliss-reactive ketones (excluding diaryl/α,β-unsaturated/α-hetero) is 1. The number of aromatic amines is 4. The maximum absolute atomic E-state index is 13.2. The Morgan fingerprint density at radius 1 is 0.448 bits per heavy atom. The van der Waals surface area contributed by atoms with Crippen molar-refractivity contribution in [2.24, 2.45) is 0 Å². The number of ketones is 1. The van der Waals surface area contributed by atoms with Crippen LogP contribution in [0.3, 0.4) is 0 Å². The van der Waals surface area contributed by atoms with Gasteiger partial charge in [0.1, 0.15) is 0 Å². The predicted molar refractivity (Wildman–Crippen MR) is 227 cm³/mol. The lowest BCUT2D eigenvalue weighted by atomic mass is 9.91. The van der Waals surface area contributed by atoms with E-state index in [1.165, 1.54) is 16.7 Å². The summed E-state index contributed by atoms with van der Waals surface area (Å²) in [5, 5.41) is 0. The summed E-state index contributed by atoms with van der Waals surface area (Å²) in [4.78, 5) is 40.6. The third-order valence-electron chi connectivity index (χ3n) is 11.3. The van der Waals surface area contributed by atoms with Gasteiger partial charge in [0.25, 0.3) is 0 Å². The average Bonchev–Trinajstić information content (AvgIpc) is 4.10. The fraction of sp³-hybridized carbons (Fsp3) is 0.137. The van der Waals surface area contributed by atoms with Crippen LogP contribution in [0.4, 0.5) is 0 Å². The molecule has 4 aromatic carbocycles. The van der Waals surface area contributed by atoms with Crippen LogP contribution in [-0.2, 0) is 9.53 Å². The van der Waals surface area contributed by atoms with Crippen molar-refractivity contribution in [3.05, 3.63) is 249 Å². The molecule has 0 saturated heterocycles. The number of carbonyl (C=O) groups excluding carboxylic acids is 2. The monoisotopic (exact) mass is 760 g/mol. The molecule has 1 aliphatic rings. The molecule has 0 fully saturated rings. The Labute approximate surface area is 337 Å². The zero-order valence-corrected chi connectivity index (χ0v) is 32.2. The zero-order valence-electron chi connectivity index (χ0n) is 32.2. The number of H-pyrrole nitrogens is 4. The van der Waals surface area contributed by atoms with Gasteiger partial charge in [-0.25, -0.2) is 4.79 Å². The van der Waals surface area contributed by atoms with Crippen LogP contribution in [0.15, 0.2) is 176 Å². The molecule has 286 valence electrons. The van der Waals surface area contributed by atoms with Crippen molar-refractivity contribution in [1.29, 1.82) is 0 Å². The SMILES string of the molecule is C=C(C)C(=O)OCCC(=O)c1ccc(C2c3ccc([nH]3)C(c3ccccc3)c3ccc([nH]3)C(c3ccccc3)c3ccc([nH]3)C(c3ccccc3)c3ccc2[nH]3)cc1. The van der Waals surface area contributed by atoms with Crippen LogP contribution in [-0.4, -0.2) is 38.3 Å². The first kappa shape index (κ1) is 36.5. The van der Waals surface area contributed by atoms with Crippen molar-refractivity contribution in [3.8, 4) is 0 Å². The quantitative estimate of drug-likeness (QED) is 0.0668. The molecular weight excluding hydrogens is 717 g/mol. The molecule has 0 radical (unpaired) electrons. The second-order valence-corrected chi connectivity index (χ2v) is 15.2. The molecule has 2 atom stereocenters. The van der Waals surface area contributed by atoms with Crippen LogP contribution >= 0.6 is 0 Å². The molecule has 0 amide bonds. The van der Waals surface area contributed by atoms with Crippen LogP contribution in [0.5, 0.6) is 0 Å². The van der Waals surface area contributed by atoms with E-state index >= 15 is 0 Å². The molecule has 7 nitrogen and oxygen atoms in total. The van der Waals surface area contributed by atoms with Crippen molar-refractivity contribution >= 4 is 11.8 Å². The molecule has 0 aliphatic carbocycles. The number of fused-ring (bicyclic) bond motifs is 8. The Bertz CT molecular complexity index is 2560. The number of ether oxygens (including phenoxy) is 1. The standard InChI is InChI=1S/C51H44N4O3/c1-32(2)51(57)58-31-30-46(56)33-18-20-37(21-19-33)50-44-28-26-42(54-44)48(35-14-8-4-9-15-35)40-24-22-38(52-40)47(34-12-6-3-7-13-34)39-23-25-41(53-39)49(36-16-10-5-11-17-36)43-27-29-45(50)55-43/h3-29,47-50,52-55H,1,30-31H2,2H3. The lowest BCUT2D eigenvalue weighted by Gasteiger charge is -2.21. The molecule has 4 aromatic heterocycles. The molecule has 1 aliphatic heterocycles. The maximum Gasteiger partial charge on any atom is 0.333 e. The first-order valence-electron chi connectivity index (χ1n) is 19.8. The summed E-state index contributed by atoms with van der Waals surface area (Å²) in [5.74, 6) is -1.02. The Hall–Kier alpha value is -7.12. The summed E-state index contributed by atoms with van der Waals surface area (Å²) in [7, 11) is 0. The number of esters is 1. The summed E-state index contributed by atoms with van der Waals surface area (Å²) in [6.07, 6.45) is 0.0938. The Morgan fingerprint density at radius 2 is 0.741 bits per heavy atom. The molecule has 4 N–H and O–H groups in total. The van der Waals surface area contributed by atoms with Gasteiger partial charge >= 0.3 is 5.97 Å². The minimum absolute atomic E-state index is 0.00803. The molecular formula is C51H44N4O3. The molecule has 2 unspecified atom stereocenters. The number of hydrogen-bond acceptors (Lipinski definition) is 3. The third kappa shape index (κ3) is 7.19. The number of nitrogens with one attached hydrogen (secondary N) is 4. The first-order valence-corrected chi connectivity index (χ1v) is 19.8. The van der Waals surface area contributed by atoms with E-state index < -0.39 is 5.97 Å². The van der Waals surface area contributed by atoms with Crippen LogP contribution < -0.4 is 0 Å². The smallest absolute Gasteiger partial charge is 0.333 e. The number of rotatable bonds is 9. The van der Waals surface area contributed by atoms with E-state index in [-0.39, 0.29) is 42.5 Å². The van der Waals surface area contributed by atoms with Crippen LogP contribution in [0.2, 0.25) is 0 Å². The largest absolute Gasteiger partial charge is 0.462 e. The fourth-order valence-electron chi connectivity index (χ4n) is 8.47. The van der Waals surface area contributed by atoms with E-state index in [1.807, 2.05) is 24.3 Å². The average molecular weight is 761 g/mol. The Balaban J connectivity index is 1.18. The predicted octanol–water partition coefficient (Wildman–Crippen LogP) is 10.7. The fourth-order valence-corrected chi connectivity index (χ4v) is 8.47. The highest BCUT2D eigenvalue weighted by atomic mass is 16.5. The summed E-state index contributed by atoms with van der Waals surface area (Å²) in [6, 6.07) is 57.4. The molecule has 8 bridgehead atoms. The van der Waals surface area contributed by atoms with E-state index in [0.717, 1.165) is 51.1 Å². The van der Waals surface area contributed by atoms with E-state index in [2.05, 4.69) is 166 Å². The van der Waals surface area contributed by atoms with E-state index in [0.29, 0.717) is 11.1 Å². The second kappa shape index (κ2) is 15.8. The van der Waals surface area contributed by atoms with E-state index in [1.54, 1.807) is 6.92 Å². The van der Waals surface area contributed by atoms with E-state index in [4.69, 9.17) is 4.74 Å². The highest BCUT2D eigenvalue weighted by Gasteiger charge is 2.29. The van der Waals surface area contributed by atoms with Gasteiger partial charge < -0.3 is 24.7 Å². The van der Waals surface area contributed by atoms with Gasteiger partial charge in [-0.2, -0.15) is 0 Å². The van der Waals surface area contributed by atoms with Gasteiger partial charge in [-0.05, 0) is 77.7 Å². The van der Waals surface area contributed by atoms with Crippen molar-refractivity contribution in [2.75, 3.05) is 6.61 Å². The number of aromatic nitrogens is 4. The van der Waals surface area contributed by atoms with Crippen molar-refractivity contribution < 1.29 is 14.3 Å². The number of carbonyl (C=O) groups is 2. The van der Waals surface area contributed by atoms with Crippen molar-refractivity contribution in [2.45, 2.75) is 37.0 Å². The topological polar surface area (TPSA) is 107 Å². The molecule has 0 spiro atoms. The second-order valence-electron chi connectivity index (χ2n) is 15.2. The molecule has 5 heterocycles. The molecule has 0 saturated carbocycles. The highest BCUT2D eigenvalue weighted by molar-refractivity contribution is 5.96. The minimum atomic E-state index is -0.493. The van der Waals surface area contributed by atoms with Gasteiger partial charge in [0.15, 0.2) is 5.78 Å². The molecule has 58 heavy (non-hydrogen) atoms. The molecule has 9 rings (SSSR count). The molecule has 8 aromatic rings. The lowest BCUT2D eigenvalue weighted by molar-refractivity contribution is -0.138. The van der Waals surface area contributed by atoms with Gasteiger partial charge in [0.05, 0.1) is 30.3 Å². The van der Waals surface area contributed by atoms with Gasteiger partial charge in [0.2, 0.25) is 0 Å². The number of hydrogen-bond donors (Lipinski definition) is 4. The third-order valence-corrected chi connectivity index (χ3v) is 11.3. The molecule has 7 heteroatoms. The van der Waals surface area contributed by atoms with Crippen molar-refractivity contribution in [3.63, 3.8) is 0 Å². The van der Waals surface area contributed by atoms with Crippen molar-refractivity contribution in [1.82, 2.24) is 19.9 Å². The maximum atomic E-state index is 13.2. The van der Waals surface area contributed by atoms with Crippen LogP contribution in [0, 0.1) is 0 Å². The van der Waals surface area contributed by atoms with Crippen LogP contribution in [0.1, 0.15) is 115 Å². The van der Waals surface area contributed by atoms with Gasteiger partial charge in [0, 0.05) is 63.1 Å². The number of benzene rings is 4. The normalized spacial score (nSPS) is 17.4. The van der Waals surface area contributed by atoms with E-state index in [9.17, 15) is 9.59 Å². The summed E-state index contributed by atoms with van der Waals surface area (Å²) in [5.41, 5.74) is 14.0. The summed E-state index contributed by atoms with van der Waals surface area (Å²) in [6.45, 7) is 5.22. The van der Waals surface area contributed by atoms with Gasteiger partial charge in [-0.1, -0.05) is 122 Å². The summed E-state index contributed by atoms with van der Waals surface area (Å²) < 4.78 is 5.20. The zero-order chi connectivity index (χ0) is 39.6. The van der Waals surface area contributed by atoms with Crippen LogP contribution in [0.25, 0.3) is 0 Å². The Kier molecular flexibility index (Phi) is 9.94.